The minimum absolute atomic E-state index is 0.131. The van der Waals surface area contributed by atoms with Crippen molar-refractivity contribution in [3.63, 3.8) is 0 Å². The maximum absolute atomic E-state index is 11.5. The van der Waals surface area contributed by atoms with E-state index in [0.29, 0.717) is 12.8 Å². The van der Waals surface area contributed by atoms with Crippen molar-refractivity contribution in [2.45, 2.75) is 38.8 Å². The van der Waals surface area contributed by atoms with Crippen LogP contribution in [0, 0.1) is 0 Å². The second kappa shape index (κ2) is 6.49. The SMILES string of the molecule is CCCS(=O)(=O)NC(C)CC(O)c1cccs1. The van der Waals surface area contributed by atoms with Crippen LogP contribution < -0.4 is 4.72 Å². The molecule has 17 heavy (non-hydrogen) atoms. The van der Waals surface area contributed by atoms with Gasteiger partial charge < -0.3 is 5.11 Å². The number of hydrogen-bond donors (Lipinski definition) is 2. The van der Waals surface area contributed by atoms with Crippen LogP contribution in [-0.2, 0) is 10.0 Å². The molecule has 0 bridgehead atoms. The Labute approximate surface area is 107 Å². The Morgan fingerprint density at radius 3 is 2.76 bits per heavy atom. The zero-order valence-electron chi connectivity index (χ0n) is 10.1. The monoisotopic (exact) mass is 277 g/mol. The van der Waals surface area contributed by atoms with Gasteiger partial charge in [-0.25, -0.2) is 13.1 Å². The van der Waals surface area contributed by atoms with Crippen LogP contribution in [0.1, 0.15) is 37.7 Å². The Morgan fingerprint density at radius 2 is 2.24 bits per heavy atom. The number of thiophene rings is 1. The molecule has 6 heteroatoms. The molecule has 0 radical (unpaired) electrons. The van der Waals surface area contributed by atoms with Crippen LogP contribution >= 0.6 is 11.3 Å². The molecule has 0 amide bonds. The molecule has 0 aliphatic rings. The Morgan fingerprint density at radius 1 is 1.53 bits per heavy atom. The largest absolute Gasteiger partial charge is 0.388 e. The summed E-state index contributed by atoms with van der Waals surface area (Å²) >= 11 is 1.47. The Hall–Kier alpha value is -0.430. The van der Waals surface area contributed by atoms with Crippen LogP contribution in [0.5, 0.6) is 0 Å². The number of aliphatic hydroxyl groups is 1. The van der Waals surface area contributed by atoms with E-state index in [1.807, 2.05) is 24.4 Å². The fraction of sp³-hybridized carbons (Fsp3) is 0.636. The summed E-state index contributed by atoms with van der Waals surface area (Å²) in [5.41, 5.74) is 0. The third-order valence-electron chi connectivity index (χ3n) is 2.30. The molecule has 0 aromatic carbocycles. The lowest BCUT2D eigenvalue weighted by molar-refractivity contribution is 0.161. The maximum Gasteiger partial charge on any atom is 0.211 e. The second-order valence-electron chi connectivity index (χ2n) is 4.10. The fourth-order valence-electron chi connectivity index (χ4n) is 1.61. The average molecular weight is 277 g/mol. The molecule has 1 rings (SSSR count). The first kappa shape index (κ1) is 14.6. The van der Waals surface area contributed by atoms with Crippen LogP contribution in [0.25, 0.3) is 0 Å². The van der Waals surface area contributed by atoms with Crippen molar-refractivity contribution in [3.05, 3.63) is 22.4 Å². The normalized spacial score (nSPS) is 15.7. The molecule has 1 aromatic rings. The molecule has 0 aliphatic carbocycles. The van der Waals surface area contributed by atoms with Crippen molar-refractivity contribution in [1.82, 2.24) is 4.72 Å². The van der Waals surface area contributed by atoms with E-state index < -0.39 is 16.1 Å². The molecular formula is C11H19NO3S2. The van der Waals surface area contributed by atoms with E-state index in [-0.39, 0.29) is 11.8 Å². The van der Waals surface area contributed by atoms with Gasteiger partial charge in [0, 0.05) is 10.9 Å². The highest BCUT2D eigenvalue weighted by molar-refractivity contribution is 7.89. The van der Waals surface area contributed by atoms with Gasteiger partial charge in [-0.2, -0.15) is 0 Å². The molecule has 2 atom stereocenters. The van der Waals surface area contributed by atoms with Crippen molar-refractivity contribution >= 4 is 21.4 Å². The number of nitrogens with one attached hydrogen (secondary N) is 1. The molecule has 0 spiro atoms. The van der Waals surface area contributed by atoms with Crippen LogP contribution in [0.2, 0.25) is 0 Å². The quantitative estimate of drug-likeness (QED) is 0.800. The molecule has 1 heterocycles. The van der Waals surface area contributed by atoms with E-state index in [4.69, 9.17) is 0 Å². The molecule has 4 nitrogen and oxygen atoms in total. The van der Waals surface area contributed by atoms with Crippen LogP contribution in [-0.4, -0.2) is 25.3 Å². The Bertz CT molecular complexity index is 414. The number of aliphatic hydroxyl groups excluding tert-OH is 1. The first-order valence-electron chi connectivity index (χ1n) is 5.66. The predicted molar refractivity (Wildman–Crippen MR) is 70.6 cm³/mol. The van der Waals surface area contributed by atoms with E-state index in [0.717, 1.165) is 4.88 Å². The topological polar surface area (TPSA) is 66.4 Å². The van der Waals surface area contributed by atoms with Gasteiger partial charge in [0.15, 0.2) is 0 Å². The lowest BCUT2D eigenvalue weighted by Gasteiger charge is -2.16. The number of hydrogen-bond acceptors (Lipinski definition) is 4. The maximum atomic E-state index is 11.5. The lowest BCUT2D eigenvalue weighted by Crippen LogP contribution is -2.35. The van der Waals surface area contributed by atoms with E-state index in [1.165, 1.54) is 11.3 Å². The highest BCUT2D eigenvalue weighted by Crippen LogP contribution is 2.22. The zero-order chi connectivity index (χ0) is 12.9. The van der Waals surface area contributed by atoms with Crippen molar-refractivity contribution < 1.29 is 13.5 Å². The fourth-order valence-corrected chi connectivity index (χ4v) is 3.70. The van der Waals surface area contributed by atoms with Crippen LogP contribution in [0.3, 0.4) is 0 Å². The zero-order valence-corrected chi connectivity index (χ0v) is 11.7. The summed E-state index contributed by atoms with van der Waals surface area (Å²) in [5.74, 6) is 0.131. The number of sulfonamides is 1. The van der Waals surface area contributed by atoms with Crippen molar-refractivity contribution in [2.24, 2.45) is 0 Å². The van der Waals surface area contributed by atoms with Gasteiger partial charge in [-0.15, -0.1) is 11.3 Å². The first-order chi connectivity index (χ1) is 7.94. The molecule has 98 valence electrons. The van der Waals surface area contributed by atoms with E-state index in [1.54, 1.807) is 6.92 Å². The van der Waals surface area contributed by atoms with Gasteiger partial charge in [-0.05, 0) is 31.2 Å². The molecule has 0 aliphatic heterocycles. The van der Waals surface area contributed by atoms with E-state index in [9.17, 15) is 13.5 Å². The van der Waals surface area contributed by atoms with Crippen LogP contribution in [0.4, 0.5) is 0 Å². The van der Waals surface area contributed by atoms with Crippen molar-refractivity contribution in [2.75, 3.05) is 5.75 Å². The molecule has 0 saturated carbocycles. The van der Waals surface area contributed by atoms with Gasteiger partial charge in [-0.1, -0.05) is 13.0 Å². The van der Waals surface area contributed by atoms with Crippen molar-refractivity contribution in [3.8, 4) is 0 Å². The van der Waals surface area contributed by atoms with E-state index >= 15 is 0 Å². The van der Waals surface area contributed by atoms with Gasteiger partial charge >= 0.3 is 0 Å². The molecule has 2 unspecified atom stereocenters. The highest BCUT2D eigenvalue weighted by atomic mass is 32.2. The Kier molecular flexibility index (Phi) is 5.58. The summed E-state index contributed by atoms with van der Waals surface area (Å²) in [4.78, 5) is 0.867. The third kappa shape index (κ3) is 5.16. The highest BCUT2D eigenvalue weighted by Gasteiger charge is 2.17. The molecule has 1 aromatic heterocycles. The minimum Gasteiger partial charge on any atom is -0.388 e. The molecule has 0 fully saturated rings. The predicted octanol–water partition coefficient (Wildman–Crippen LogP) is 1.89. The summed E-state index contributed by atoms with van der Waals surface area (Å²) in [5, 5.41) is 11.8. The smallest absolute Gasteiger partial charge is 0.211 e. The van der Waals surface area contributed by atoms with Gasteiger partial charge in [0.2, 0.25) is 10.0 Å². The lowest BCUT2D eigenvalue weighted by atomic mass is 10.1. The third-order valence-corrected chi connectivity index (χ3v) is 4.98. The van der Waals surface area contributed by atoms with Gasteiger partial charge in [0.1, 0.15) is 0 Å². The number of rotatable bonds is 7. The van der Waals surface area contributed by atoms with Gasteiger partial charge in [-0.3, -0.25) is 0 Å². The molecule has 0 saturated heterocycles. The van der Waals surface area contributed by atoms with Gasteiger partial charge in [0.25, 0.3) is 0 Å². The van der Waals surface area contributed by atoms with E-state index in [2.05, 4.69) is 4.72 Å². The minimum atomic E-state index is -3.20. The van der Waals surface area contributed by atoms with Gasteiger partial charge in [0.05, 0.1) is 11.9 Å². The summed E-state index contributed by atoms with van der Waals surface area (Å²) in [6.45, 7) is 3.59. The standard InChI is InChI=1S/C11H19NO3S2/c1-3-7-17(14,15)12-9(2)8-10(13)11-5-4-6-16-11/h4-6,9-10,12-13H,3,7-8H2,1-2H3. The summed E-state index contributed by atoms with van der Waals surface area (Å²) in [6.07, 6.45) is 0.383. The molecule has 2 N–H and O–H groups in total. The Balaban J connectivity index is 2.47. The van der Waals surface area contributed by atoms with Crippen molar-refractivity contribution in [1.29, 1.82) is 0 Å². The summed E-state index contributed by atoms with van der Waals surface area (Å²) < 4.78 is 25.6. The molecular weight excluding hydrogens is 258 g/mol. The average Bonchev–Trinajstić information content (AvgIpc) is 2.68. The first-order valence-corrected chi connectivity index (χ1v) is 8.19. The summed E-state index contributed by atoms with van der Waals surface area (Å²) in [7, 11) is -3.20. The summed E-state index contributed by atoms with van der Waals surface area (Å²) in [6, 6.07) is 3.46. The second-order valence-corrected chi connectivity index (χ2v) is 6.96. The van der Waals surface area contributed by atoms with Crippen LogP contribution in [0.15, 0.2) is 17.5 Å².